The second-order valence-corrected chi connectivity index (χ2v) is 6.84. The first-order valence-electron chi connectivity index (χ1n) is 4.70. The summed E-state index contributed by atoms with van der Waals surface area (Å²) in [6, 6.07) is 0. The van der Waals surface area contributed by atoms with E-state index in [1.165, 1.54) is 0 Å². The molecule has 0 heterocycles. The molecule has 0 N–H and O–H groups in total. The van der Waals surface area contributed by atoms with Gasteiger partial charge in [-0.15, -0.1) is 6.42 Å². The number of rotatable bonds is 5. The van der Waals surface area contributed by atoms with Gasteiger partial charge in [0.2, 0.25) is 0 Å². The number of ether oxygens (including phenoxy) is 1. The van der Waals surface area contributed by atoms with Crippen LogP contribution in [0.4, 0.5) is 0 Å². The van der Waals surface area contributed by atoms with Gasteiger partial charge in [0.1, 0.15) is 0 Å². The zero-order valence-corrected chi connectivity index (χ0v) is 9.84. The molecular weight excluding hydrogens is 199 g/mol. The van der Waals surface area contributed by atoms with Crippen LogP contribution >= 0.6 is 7.14 Å². The summed E-state index contributed by atoms with van der Waals surface area (Å²) in [4.78, 5) is 11.3. The first kappa shape index (κ1) is 13.3. The van der Waals surface area contributed by atoms with Crippen LogP contribution < -0.4 is 0 Å². The fraction of sp³-hybridized carbons (Fsp3) is 0.700. The summed E-state index contributed by atoms with van der Waals surface area (Å²) in [5.74, 6) is 1.83. The van der Waals surface area contributed by atoms with Crippen LogP contribution in [-0.4, -0.2) is 30.6 Å². The molecule has 80 valence electrons. The van der Waals surface area contributed by atoms with Crippen molar-refractivity contribution in [3.63, 3.8) is 0 Å². The minimum atomic E-state index is -2.35. The van der Waals surface area contributed by atoms with E-state index in [1.807, 2.05) is 13.8 Å². The van der Waals surface area contributed by atoms with Crippen LogP contribution in [0, 0.1) is 12.3 Å². The van der Waals surface area contributed by atoms with Gasteiger partial charge in [-0.05, 0) is 19.2 Å². The molecule has 0 spiro atoms. The van der Waals surface area contributed by atoms with Gasteiger partial charge in [0.15, 0.2) is 6.10 Å². The maximum atomic E-state index is 11.9. The Morgan fingerprint density at radius 1 is 1.50 bits per heavy atom. The standard InChI is InChI=1S/C10H17O3P/c1-5-9(4)13-10(11)8-14(12,6-2)7-3/h1,9H,6-8H2,2-4H3. The lowest BCUT2D eigenvalue weighted by Crippen LogP contribution is -2.17. The van der Waals surface area contributed by atoms with E-state index in [4.69, 9.17) is 11.2 Å². The third kappa shape index (κ3) is 4.48. The molecule has 0 aromatic carbocycles. The van der Waals surface area contributed by atoms with Crippen LogP contribution in [0.25, 0.3) is 0 Å². The molecule has 0 saturated heterocycles. The van der Waals surface area contributed by atoms with Gasteiger partial charge in [0, 0.05) is 0 Å². The number of carbonyl (C=O) groups is 1. The van der Waals surface area contributed by atoms with Crippen molar-refractivity contribution in [2.24, 2.45) is 0 Å². The zero-order valence-electron chi connectivity index (χ0n) is 8.95. The van der Waals surface area contributed by atoms with Crippen LogP contribution in [0.15, 0.2) is 0 Å². The number of hydrogen-bond acceptors (Lipinski definition) is 3. The molecule has 3 nitrogen and oxygen atoms in total. The first-order chi connectivity index (χ1) is 6.47. The van der Waals surface area contributed by atoms with Crippen molar-refractivity contribution in [2.75, 3.05) is 18.5 Å². The predicted molar refractivity (Wildman–Crippen MR) is 57.9 cm³/mol. The van der Waals surface area contributed by atoms with E-state index in [0.717, 1.165) is 0 Å². The summed E-state index contributed by atoms with van der Waals surface area (Å²) in [5.41, 5.74) is 0. The van der Waals surface area contributed by atoms with Gasteiger partial charge in [-0.25, -0.2) is 0 Å². The van der Waals surface area contributed by atoms with E-state index < -0.39 is 19.2 Å². The summed E-state index contributed by atoms with van der Waals surface area (Å²) >= 11 is 0. The maximum Gasteiger partial charge on any atom is 0.314 e. The molecule has 0 rings (SSSR count). The Bertz CT molecular complexity index is 270. The number of hydrogen-bond donors (Lipinski definition) is 0. The third-order valence-corrected chi connectivity index (χ3v) is 5.25. The highest BCUT2D eigenvalue weighted by molar-refractivity contribution is 7.64. The molecule has 1 atom stereocenters. The molecule has 4 heteroatoms. The number of esters is 1. The monoisotopic (exact) mass is 216 g/mol. The van der Waals surface area contributed by atoms with Crippen molar-refractivity contribution in [3.8, 4) is 12.3 Å². The smallest absolute Gasteiger partial charge is 0.314 e. The molecule has 0 bridgehead atoms. The van der Waals surface area contributed by atoms with Gasteiger partial charge in [-0.3, -0.25) is 4.79 Å². The quantitative estimate of drug-likeness (QED) is 0.401. The molecule has 14 heavy (non-hydrogen) atoms. The van der Waals surface area contributed by atoms with Gasteiger partial charge >= 0.3 is 5.97 Å². The Morgan fingerprint density at radius 2 is 2.00 bits per heavy atom. The Kier molecular flexibility index (Phi) is 5.57. The van der Waals surface area contributed by atoms with Crippen molar-refractivity contribution < 1.29 is 14.1 Å². The van der Waals surface area contributed by atoms with Crippen molar-refractivity contribution in [3.05, 3.63) is 0 Å². The summed E-state index contributed by atoms with van der Waals surface area (Å²) in [6.07, 6.45) is 5.58. The number of carbonyl (C=O) groups excluding carboxylic acids is 1. The van der Waals surface area contributed by atoms with Gasteiger partial charge in [0.25, 0.3) is 0 Å². The second-order valence-electron chi connectivity index (χ2n) is 3.15. The van der Waals surface area contributed by atoms with Gasteiger partial charge in [0.05, 0.1) is 13.3 Å². The lowest BCUT2D eigenvalue weighted by atomic mass is 10.4. The summed E-state index contributed by atoms with van der Waals surface area (Å²) in [7, 11) is -2.35. The minimum Gasteiger partial charge on any atom is -0.449 e. The van der Waals surface area contributed by atoms with Crippen LogP contribution in [-0.2, 0) is 14.1 Å². The normalized spacial score (nSPS) is 13.0. The van der Waals surface area contributed by atoms with Crippen LogP contribution in [0.5, 0.6) is 0 Å². The molecular formula is C10H17O3P. The summed E-state index contributed by atoms with van der Waals surface area (Å²) in [5, 5.41) is 0. The molecule has 0 saturated carbocycles. The molecule has 0 aromatic heterocycles. The van der Waals surface area contributed by atoms with E-state index in [9.17, 15) is 9.36 Å². The first-order valence-corrected chi connectivity index (χ1v) is 6.96. The van der Waals surface area contributed by atoms with Gasteiger partial charge < -0.3 is 9.30 Å². The molecule has 0 aliphatic rings. The average Bonchev–Trinajstić information content (AvgIpc) is 2.17. The van der Waals surface area contributed by atoms with Gasteiger partial charge in [-0.1, -0.05) is 19.8 Å². The lowest BCUT2D eigenvalue weighted by molar-refractivity contribution is -0.142. The molecule has 0 fully saturated rings. The maximum absolute atomic E-state index is 11.9. The third-order valence-electron chi connectivity index (χ3n) is 2.11. The van der Waals surface area contributed by atoms with Crippen LogP contribution in [0.3, 0.4) is 0 Å². The SMILES string of the molecule is C#CC(C)OC(=O)CP(=O)(CC)CC. The fourth-order valence-electron chi connectivity index (χ4n) is 0.951. The highest BCUT2D eigenvalue weighted by Gasteiger charge is 2.23. The highest BCUT2D eigenvalue weighted by Crippen LogP contribution is 2.44. The molecule has 0 aliphatic heterocycles. The van der Waals surface area contributed by atoms with Crippen LogP contribution in [0.2, 0.25) is 0 Å². The molecule has 0 aromatic rings. The molecule has 0 radical (unpaired) electrons. The predicted octanol–water partition coefficient (Wildman–Crippen LogP) is 1.95. The summed E-state index contributed by atoms with van der Waals surface area (Å²) in [6.45, 7) is 5.26. The molecule has 0 amide bonds. The molecule has 1 unspecified atom stereocenters. The van der Waals surface area contributed by atoms with E-state index in [2.05, 4.69) is 5.92 Å². The van der Waals surface area contributed by atoms with Crippen molar-refractivity contribution in [2.45, 2.75) is 26.9 Å². The Morgan fingerprint density at radius 3 is 2.36 bits per heavy atom. The van der Waals surface area contributed by atoms with E-state index in [1.54, 1.807) is 6.92 Å². The molecule has 0 aliphatic carbocycles. The van der Waals surface area contributed by atoms with Crippen LogP contribution in [0.1, 0.15) is 20.8 Å². The van der Waals surface area contributed by atoms with Crippen molar-refractivity contribution >= 4 is 13.1 Å². The number of terminal acetylenes is 1. The lowest BCUT2D eigenvalue weighted by Gasteiger charge is -2.14. The largest absolute Gasteiger partial charge is 0.449 e. The van der Waals surface area contributed by atoms with Crippen molar-refractivity contribution in [1.29, 1.82) is 0 Å². The Labute approximate surface area is 85.6 Å². The van der Waals surface area contributed by atoms with E-state index >= 15 is 0 Å². The van der Waals surface area contributed by atoms with E-state index in [0.29, 0.717) is 12.3 Å². The summed E-state index contributed by atoms with van der Waals surface area (Å²) < 4.78 is 16.7. The zero-order chi connectivity index (χ0) is 11.2. The minimum absolute atomic E-state index is 0.00597. The van der Waals surface area contributed by atoms with Gasteiger partial charge in [-0.2, -0.15) is 0 Å². The van der Waals surface area contributed by atoms with E-state index in [-0.39, 0.29) is 6.16 Å². The van der Waals surface area contributed by atoms with Crippen molar-refractivity contribution in [1.82, 2.24) is 0 Å². The highest BCUT2D eigenvalue weighted by atomic mass is 31.2. The topological polar surface area (TPSA) is 43.4 Å². The fourth-order valence-corrected chi connectivity index (χ4v) is 2.39. The Hall–Kier alpha value is -0.740. The second kappa shape index (κ2) is 5.88. The average molecular weight is 216 g/mol. The Balaban J connectivity index is 4.19.